The second kappa shape index (κ2) is 8.63. The molecule has 3 rings (SSSR count). The average Bonchev–Trinajstić information content (AvgIpc) is 3.20. The van der Waals surface area contributed by atoms with Crippen LogP contribution < -0.4 is 10.6 Å². The number of anilines is 1. The molecule has 26 heavy (non-hydrogen) atoms. The fourth-order valence-corrected chi connectivity index (χ4v) is 3.03. The van der Waals surface area contributed by atoms with Gasteiger partial charge in [0.2, 0.25) is 0 Å². The van der Waals surface area contributed by atoms with E-state index in [0.717, 1.165) is 37.1 Å². The molecule has 0 aliphatic carbocycles. The number of nitrogens with one attached hydrogen (secondary N) is 2. The van der Waals surface area contributed by atoms with Crippen molar-refractivity contribution in [3.8, 4) is 0 Å². The maximum absolute atomic E-state index is 12.4. The Morgan fingerprint density at radius 3 is 2.38 bits per heavy atom. The second-order valence-corrected chi connectivity index (χ2v) is 6.39. The van der Waals surface area contributed by atoms with Crippen LogP contribution in [0.1, 0.15) is 46.0 Å². The fourth-order valence-electron chi connectivity index (χ4n) is 3.03. The summed E-state index contributed by atoms with van der Waals surface area (Å²) in [7, 11) is 0. The zero-order chi connectivity index (χ0) is 18.4. The molecule has 1 atom stereocenters. The monoisotopic (exact) mass is 352 g/mol. The predicted octanol–water partition coefficient (Wildman–Crippen LogP) is 3.41. The molecule has 2 aromatic rings. The number of carbonyl (C=O) groups excluding carboxylic acids is 2. The third-order valence-corrected chi connectivity index (χ3v) is 4.57. The van der Waals surface area contributed by atoms with Gasteiger partial charge in [-0.3, -0.25) is 9.59 Å². The summed E-state index contributed by atoms with van der Waals surface area (Å²) in [5.74, 6) is -0.332. The molecule has 5 nitrogen and oxygen atoms in total. The van der Waals surface area contributed by atoms with Crippen molar-refractivity contribution in [3.05, 3.63) is 65.2 Å². The molecular formula is C21H24N2O3. The quantitative estimate of drug-likeness (QED) is 0.837. The lowest BCUT2D eigenvalue weighted by Crippen LogP contribution is -2.31. The number of carbonyl (C=O) groups is 2. The van der Waals surface area contributed by atoms with Crippen molar-refractivity contribution in [1.29, 1.82) is 0 Å². The highest BCUT2D eigenvalue weighted by Crippen LogP contribution is 2.17. The van der Waals surface area contributed by atoms with Crippen LogP contribution in [0.5, 0.6) is 0 Å². The first kappa shape index (κ1) is 18.1. The molecule has 0 aromatic heterocycles. The van der Waals surface area contributed by atoms with E-state index in [1.165, 1.54) is 0 Å². The van der Waals surface area contributed by atoms with Crippen LogP contribution in [0.2, 0.25) is 0 Å². The van der Waals surface area contributed by atoms with Gasteiger partial charge in [-0.2, -0.15) is 0 Å². The summed E-state index contributed by atoms with van der Waals surface area (Å²) in [6.07, 6.45) is 2.99. The highest BCUT2D eigenvalue weighted by molar-refractivity contribution is 6.05. The van der Waals surface area contributed by atoms with Gasteiger partial charge in [-0.1, -0.05) is 25.1 Å². The van der Waals surface area contributed by atoms with Crippen molar-refractivity contribution in [2.75, 3.05) is 18.5 Å². The number of rotatable bonds is 6. The van der Waals surface area contributed by atoms with Crippen LogP contribution in [0, 0.1) is 0 Å². The molecule has 1 fully saturated rings. The van der Waals surface area contributed by atoms with Gasteiger partial charge in [0.1, 0.15) is 0 Å². The van der Waals surface area contributed by atoms with Gasteiger partial charge in [0.15, 0.2) is 0 Å². The van der Waals surface area contributed by atoms with E-state index in [1.807, 2.05) is 24.3 Å². The summed E-state index contributed by atoms with van der Waals surface area (Å²) in [5.41, 5.74) is 2.96. The number of benzene rings is 2. The lowest BCUT2D eigenvalue weighted by molar-refractivity contribution is 0.0857. The molecule has 5 heteroatoms. The van der Waals surface area contributed by atoms with E-state index in [-0.39, 0.29) is 17.9 Å². The maximum Gasteiger partial charge on any atom is 0.255 e. The normalized spacial score (nSPS) is 16.3. The van der Waals surface area contributed by atoms with Crippen LogP contribution in [0.25, 0.3) is 0 Å². The van der Waals surface area contributed by atoms with Gasteiger partial charge >= 0.3 is 0 Å². The summed E-state index contributed by atoms with van der Waals surface area (Å²) in [6, 6.07) is 14.4. The first-order chi connectivity index (χ1) is 12.7. The number of hydrogen-bond donors (Lipinski definition) is 2. The van der Waals surface area contributed by atoms with Crippen LogP contribution in [0.15, 0.2) is 48.5 Å². The first-order valence-electron chi connectivity index (χ1n) is 9.06. The molecule has 1 aliphatic rings. The molecule has 1 heterocycles. The van der Waals surface area contributed by atoms with Crippen LogP contribution in [0.4, 0.5) is 5.69 Å². The van der Waals surface area contributed by atoms with Gasteiger partial charge in [-0.05, 0) is 55.2 Å². The summed E-state index contributed by atoms with van der Waals surface area (Å²) >= 11 is 0. The predicted molar refractivity (Wildman–Crippen MR) is 102 cm³/mol. The Labute approximate surface area is 153 Å². The summed E-state index contributed by atoms with van der Waals surface area (Å²) < 4.78 is 5.50. The molecule has 0 spiro atoms. The topological polar surface area (TPSA) is 67.4 Å². The summed E-state index contributed by atoms with van der Waals surface area (Å²) in [6.45, 7) is 3.34. The molecule has 2 N–H and O–H groups in total. The smallest absolute Gasteiger partial charge is 0.255 e. The van der Waals surface area contributed by atoms with E-state index >= 15 is 0 Å². The average molecular weight is 352 g/mol. The Bertz CT molecular complexity index is 765. The maximum atomic E-state index is 12.4. The summed E-state index contributed by atoms with van der Waals surface area (Å²) in [4.78, 5) is 24.6. The SMILES string of the molecule is CCc1ccccc1NC(=O)c1ccc(C(=O)NCC2CCCO2)cc1. The van der Waals surface area contributed by atoms with Crippen LogP contribution in [-0.2, 0) is 11.2 Å². The van der Waals surface area contributed by atoms with E-state index in [2.05, 4.69) is 17.6 Å². The Morgan fingerprint density at radius 1 is 1.04 bits per heavy atom. The zero-order valence-corrected chi connectivity index (χ0v) is 15.0. The van der Waals surface area contributed by atoms with Gasteiger partial charge in [0.25, 0.3) is 11.8 Å². The largest absolute Gasteiger partial charge is 0.376 e. The Balaban J connectivity index is 1.59. The minimum absolute atomic E-state index is 0.114. The molecule has 1 saturated heterocycles. The molecular weight excluding hydrogens is 328 g/mol. The number of ether oxygens (including phenoxy) is 1. The Kier molecular flexibility index (Phi) is 6.02. The molecule has 0 saturated carbocycles. The van der Waals surface area contributed by atoms with Gasteiger partial charge in [-0.25, -0.2) is 0 Å². The van der Waals surface area contributed by atoms with Crippen molar-refractivity contribution in [2.24, 2.45) is 0 Å². The molecule has 136 valence electrons. The van der Waals surface area contributed by atoms with Gasteiger partial charge in [0.05, 0.1) is 6.10 Å². The Morgan fingerprint density at radius 2 is 1.73 bits per heavy atom. The van der Waals surface area contributed by atoms with Crippen LogP contribution in [0.3, 0.4) is 0 Å². The third-order valence-electron chi connectivity index (χ3n) is 4.57. The third kappa shape index (κ3) is 4.49. The first-order valence-corrected chi connectivity index (χ1v) is 9.06. The van der Waals surface area contributed by atoms with Crippen molar-refractivity contribution in [2.45, 2.75) is 32.3 Å². The van der Waals surface area contributed by atoms with Gasteiger partial charge < -0.3 is 15.4 Å². The van der Waals surface area contributed by atoms with Crippen molar-refractivity contribution >= 4 is 17.5 Å². The minimum Gasteiger partial charge on any atom is -0.376 e. The van der Waals surface area contributed by atoms with Gasteiger partial charge in [0, 0.05) is 30.0 Å². The van der Waals surface area contributed by atoms with E-state index in [1.54, 1.807) is 24.3 Å². The summed E-state index contributed by atoms with van der Waals surface area (Å²) in [5, 5.41) is 5.81. The van der Waals surface area contributed by atoms with Crippen molar-refractivity contribution in [1.82, 2.24) is 5.32 Å². The second-order valence-electron chi connectivity index (χ2n) is 6.39. The Hall–Kier alpha value is -2.66. The molecule has 0 radical (unpaired) electrons. The molecule has 1 aliphatic heterocycles. The fraction of sp³-hybridized carbons (Fsp3) is 0.333. The van der Waals surface area contributed by atoms with E-state index < -0.39 is 0 Å². The van der Waals surface area contributed by atoms with E-state index in [4.69, 9.17) is 4.74 Å². The number of amides is 2. The van der Waals surface area contributed by atoms with E-state index in [0.29, 0.717) is 17.7 Å². The minimum atomic E-state index is -0.183. The zero-order valence-electron chi connectivity index (χ0n) is 15.0. The number of aryl methyl sites for hydroxylation is 1. The lowest BCUT2D eigenvalue weighted by Gasteiger charge is -2.11. The van der Waals surface area contributed by atoms with Gasteiger partial charge in [-0.15, -0.1) is 0 Å². The van der Waals surface area contributed by atoms with E-state index in [9.17, 15) is 9.59 Å². The molecule has 2 amide bonds. The van der Waals surface area contributed by atoms with Crippen molar-refractivity contribution in [3.63, 3.8) is 0 Å². The molecule has 2 aromatic carbocycles. The van der Waals surface area contributed by atoms with Crippen LogP contribution in [-0.4, -0.2) is 31.1 Å². The van der Waals surface area contributed by atoms with Crippen LogP contribution >= 0.6 is 0 Å². The highest BCUT2D eigenvalue weighted by Gasteiger charge is 2.17. The number of hydrogen-bond acceptors (Lipinski definition) is 3. The van der Waals surface area contributed by atoms with Crippen molar-refractivity contribution < 1.29 is 14.3 Å². The lowest BCUT2D eigenvalue weighted by atomic mass is 10.1. The highest BCUT2D eigenvalue weighted by atomic mass is 16.5. The number of para-hydroxylation sites is 1. The molecule has 1 unspecified atom stereocenters. The standard InChI is InChI=1S/C21H24N2O3/c1-2-15-6-3-4-8-19(15)23-21(25)17-11-9-16(10-12-17)20(24)22-14-18-7-5-13-26-18/h3-4,6,8-12,18H,2,5,7,13-14H2,1H3,(H,22,24)(H,23,25). The molecule has 0 bridgehead atoms.